The van der Waals surface area contributed by atoms with Crippen LogP contribution >= 0.6 is 0 Å². The van der Waals surface area contributed by atoms with Crippen LogP contribution in [0.15, 0.2) is 40.8 Å². The third kappa shape index (κ3) is 3.22. The van der Waals surface area contributed by atoms with Gasteiger partial charge >= 0.3 is 18.1 Å². The van der Waals surface area contributed by atoms with Crippen LogP contribution in [0.4, 0.5) is 18.9 Å². The molecule has 0 atom stereocenters. The Morgan fingerprint density at radius 2 is 1.76 bits per heavy atom. The second-order valence-electron chi connectivity index (χ2n) is 3.98. The van der Waals surface area contributed by atoms with Crippen molar-refractivity contribution in [1.82, 2.24) is 0 Å². The largest absolute Gasteiger partial charge is 0.475 e. The number of carboxylic acids is 1. The van der Waals surface area contributed by atoms with Gasteiger partial charge in [-0.2, -0.15) is 13.2 Å². The van der Waals surface area contributed by atoms with Crippen molar-refractivity contribution in [2.75, 3.05) is 5.32 Å². The van der Waals surface area contributed by atoms with Crippen molar-refractivity contribution >= 4 is 17.6 Å². The number of rotatable bonds is 3. The quantitative estimate of drug-likeness (QED) is 0.912. The van der Waals surface area contributed by atoms with Gasteiger partial charge in [0, 0.05) is 11.6 Å². The van der Waals surface area contributed by atoms with Gasteiger partial charge < -0.3 is 14.8 Å². The van der Waals surface area contributed by atoms with Gasteiger partial charge in [-0.15, -0.1) is 0 Å². The van der Waals surface area contributed by atoms with Crippen molar-refractivity contribution in [3.8, 4) is 11.3 Å². The number of nitrogens with one attached hydrogen (secondary N) is 1. The van der Waals surface area contributed by atoms with Gasteiger partial charge in [0.05, 0.1) is 5.69 Å². The number of aromatic carboxylic acids is 1. The summed E-state index contributed by atoms with van der Waals surface area (Å²) in [6.45, 7) is 0. The van der Waals surface area contributed by atoms with Gasteiger partial charge in [0.1, 0.15) is 5.76 Å². The van der Waals surface area contributed by atoms with E-state index in [0.717, 1.165) is 6.07 Å². The van der Waals surface area contributed by atoms with Crippen molar-refractivity contribution in [3.05, 3.63) is 42.2 Å². The fraction of sp³-hybridized carbons (Fsp3) is 0.0769. The number of benzene rings is 1. The Morgan fingerprint density at radius 1 is 1.14 bits per heavy atom. The zero-order valence-electron chi connectivity index (χ0n) is 10.3. The average Bonchev–Trinajstić information content (AvgIpc) is 2.83. The summed E-state index contributed by atoms with van der Waals surface area (Å²) in [6.07, 6.45) is -5.13. The number of carbonyl (C=O) groups excluding carboxylic acids is 1. The summed E-state index contributed by atoms with van der Waals surface area (Å²) in [4.78, 5) is 21.9. The summed E-state index contributed by atoms with van der Waals surface area (Å²) in [5, 5.41) is 10.4. The predicted octanol–water partition coefficient (Wildman–Crippen LogP) is 3.15. The molecule has 1 amide bonds. The van der Waals surface area contributed by atoms with Gasteiger partial charge in [-0.3, -0.25) is 4.79 Å². The van der Waals surface area contributed by atoms with Crippen LogP contribution in [0.2, 0.25) is 0 Å². The van der Waals surface area contributed by atoms with E-state index in [-0.39, 0.29) is 5.76 Å². The minimum absolute atomic E-state index is 0.0328. The minimum atomic E-state index is -5.13. The number of anilines is 1. The molecule has 1 aromatic carbocycles. The van der Waals surface area contributed by atoms with Crippen molar-refractivity contribution in [2.45, 2.75) is 6.18 Å². The summed E-state index contributed by atoms with van der Waals surface area (Å²) >= 11 is 0. The van der Waals surface area contributed by atoms with Crippen LogP contribution in [0.5, 0.6) is 0 Å². The molecule has 2 aromatic rings. The van der Waals surface area contributed by atoms with Crippen LogP contribution in [0.25, 0.3) is 11.3 Å². The maximum atomic E-state index is 12.2. The molecule has 0 aliphatic rings. The van der Waals surface area contributed by atoms with E-state index in [1.165, 1.54) is 5.32 Å². The van der Waals surface area contributed by atoms with Gasteiger partial charge in [0.15, 0.2) is 0 Å². The molecule has 2 N–H and O–H groups in total. The number of alkyl halides is 3. The van der Waals surface area contributed by atoms with Crippen LogP contribution < -0.4 is 5.32 Å². The fourth-order valence-corrected chi connectivity index (χ4v) is 1.58. The Morgan fingerprint density at radius 3 is 2.29 bits per heavy atom. The molecular formula is C13H8F3NO4. The summed E-state index contributed by atoms with van der Waals surface area (Å²) in [5.74, 6) is -4.60. The Labute approximate surface area is 116 Å². The number of hydrogen-bond donors (Lipinski definition) is 2. The molecule has 110 valence electrons. The van der Waals surface area contributed by atoms with Gasteiger partial charge in [0.2, 0.25) is 5.76 Å². The molecule has 8 heteroatoms. The summed E-state index contributed by atoms with van der Waals surface area (Å²) in [6, 6.07) is 9.19. The van der Waals surface area contributed by atoms with E-state index < -0.39 is 29.5 Å². The van der Waals surface area contributed by atoms with Gasteiger partial charge in [-0.1, -0.05) is 30.3 Å². The minimum Gasteiger partial charge on any atom is -0.475 e. The molecular weight excluding hydrogens is 291 g/mol. The topological polar surface area (TPSA) is 79.5 Å². The van der Waals surface area contributed by atoms with Gasteiger partial charge in [0.25, 0.3) is 0 Å². The van der Waals surface area contributed by atoms with Crippen molar-refractivity contribution < 1.29 is 32.3 Å². The molecule has 0 radical (unpaired) electrons. The predicted molar refractivity (Wildman–Crippen MR) is 65.8 cm³/mol. The first-order valence-electron chi connectivity index (χ1n) is 5.60. The number of amides is 1. The molecule has 0 saturated carbocycles. The third-order valence-electron chi connectivity index (χ3n) is 2.49. The van der Waals surface area contributed by atoms with Crippen LogP contribution in [0.1, 0.15) is 10.6 Å². The summed E-state index contributed by atoms with van der Waals surface area (Å²) < 4.78 is 41.6. The standard InChI is InChI=1S/C13H8F3NO4/c14-13(15,16)12(20)17-8-6-9(21-10(8)11(18)19)7-4-2-1-3-5-7/h1-6H,(H,17,20)(H,18,19). The molecule has 0 aliphatic carbocycles. The van der Waals surface area contributed by atoms with Gasteiger partial charge in [-0.05, 0) is 0 Å². The third-order valence-corrected chi connectivity index (χ3v) is 2.49. The Bertz CT molecular complexity index is 676. The fourth-order valence-electron chi connectivity index (χ4n) is 1.58. The lowest BCUT2D eigenvalue weighted by molar-refractivity contribution is -0.167. The number of carbonyl (C=O) groups is 2. The zero-order chi connectivity index (χ0) is 15.6. The molecule has 5 nitrogen and oxygen atoms in total. The van der Waals surface area contributed by atoms with E-state index in [2.05, 4.69) is 0 Å². The number of hydrogen-bond acceptors (Lipinski definition) is 3. The van der Waals surface area contributed by atoms with Gasteiger partial charge in [-0.25, -0.2) is 4.79 Å². The maximum Gasteiger partial charge on any atom is 0.471 e. The highest BCUT2D eigenvalue weighted by molar-refractivity contribution is 6.01. The smallest absolute Gasteiger partial charge is 0.471 e. The Balaban J connectivity index is 2.39. The van der Waals surface area contributed by atoms with Crippen LogP contribution in [-0.4, -0.2) is 23.2 Å². The van der Waals surface area contributed by atoms with E-state index in [1.54, 1.807) is 30.3 Å². The SMILES string of the molecule is O=C(O)c1oc(-c2ccccc2)cc1NC(=O)C(F)(F)F. The molecule has 21 heavy (non-hydrogen) atoms. The van der Waals surface area contributed by atoms with E-state index in [0.29, 0.717) is 5.56 Å². The van der Waals surface area contributed by atoms with Crippen LogP contribution in [0.3, 0.4) is 0 Å². The molecule has 0 bridgehead atoms. The van der Waals surface area contributed by atoms with Crippen molar-refractivity contribution in [2.24, 2.45) is 0 Å². The second-order valence-corrected chi connectivity index (χ2v) is 3.98. The lowest BCUT2D eigenvalue weighted by atomic mass is 10.2. The average molecular weight is 299 g/mol. The number of halogens is 3. The van der Waals surface area contributed by atoms with E-state index >= 15 is 0 Å². The summed E-state index contributed by atoms with van der Waals surface area (Å²) in [7, 11) is 0. The van der Waals surface area contributed by atoms with E-state index in [1.807, 2.05) is 0 Å². The highest BCUT2D eigenvalue weighted by Gasteiger charge is 2.39. The molecule has 0 fully saturated rings. The lowest BCUT2D eigenvalue weighted by Crippen LogP contribution is -2.30. The maximum absolute atomic E-state index is 12.2. The van der Waals surface area contributed by atoms with E-state index in [9.17, 15) is 22.8 Å². The molecule has 1 aromatic heterocycles. The normalized spacial score (nSPS) is 11.2. The lowest BCUT2D eigenvalue weighted by Gasteiger charge is -2.05. The first-order chi connectivity index (χ1) is 9.79. The number of carboxylic acid groups (broad SMARTS) is 1. The highest BCUT2D eigenvalue weighted by atomic mass is 19.4. The molecule has 0 saturated heterocycles. The molecule has 0 spiro atoms. The van der Waals surface area contributed by atoms with Crippen molar-refractivity contribution in [1.29, 1.82) is 0 Å². The second kappa shape index (κ2) is 5.31. The number of furan rings is 1. The first kappa shape index (κ1) is 14.6. The monoisotopic (exact) mass is 299 g/mol. The van der Waals surface area contributed by atoms with Crippen molar-refractivity contribution in [3.63, 3.8) is 0 Å². The van der Waals surface area contributed by atoms with E-state index in [4.69, 9.17) is 9.52 Å². The first-order valence-corrected chi connectivity index (χ1v) is 5.60. The molecule has 0 aliphatic heterocycles. The molecule has 2 rings (SSSR count). The van der Waals surface area contributed by atoms with Crippen LogP contribution in [0, 0.1) is 0 Å². The Hall–Kier alpha value is -2.77. The van der Waals surface area contributed by atoms with Crippen LogP contribution in [-0.2, 0) is 4.79 Å². The summed E-state index contributed by atoms with van der Waals surface area (Å²) in [5.41, 5.74) is -0.0869. The molecule has 0 unspecified atom stereocenters. The Kier molecular flexibility index (Phi) is 3.70. The molecule has 1 heterocycles. The zero-order valence-corrected chi connectivity index (χ0v) is 10.3. The highest BCUT2D eigenvalue weighted by Crippen LogP contribution is 2.30.